The molecule has 0 aliphatic carbocycles. The van der Waals surface area contributed by atoms with E-state index in [9.17, 15) is 40.9 Å². The molecular weight excluding hydrogens is 646 g/mol. The zero-order valence-corrected chi connectivity index (χ0v) is 24.4. The van der Waals surface area contributed by atoms with Gasteiger partial charge in [-0.2, -0.15) is 0 Å². The van der Waals surface area contributed by atoms with E-state index < -0.39 is 71.2 Å². The van der Waals surface area contributed by atoms with Crippen molar-refractivity contribution in [3.8, 4) is 5.75 Å². The molecule has 1 aromatic heterocycles. The van der Waals surface area contributed by atoms with Crippen LogP contribution in [0.25, 0.3) is 10.9 Å². The first-order valence-corrected chi connectivity index (χ1v) is 14.0. The van der Waals surface area contributed by atoms with Gasteiger partial charge in [0.15, 0.2) is 22.5 Å². The number of benzene rings is 2. The Kier molecular flexibility index (Phi) is 8.43. The van der Waals surface area contributed by atoms with E-state index in [1.54, 1.807) is 43.3 Å². The highest BCUT2D eigenvalue weighted by Crippen LogP contribution is 2.56. The zero-order chi connectivity index (χ0) is 30.7. The zero-order valence-electron chi connectivity index (χ0n) is 22.0. The lowest BCUT2D eigenvalue weighted by Crippen LogP contribution is -2.76. The average Bonchev–Trinajstić information content (AvgIpc) is 3.42. The van der Waals surface area contributed by atoms with Gasteiger partial charge in [-0.1, -0.05) is 47.5 Å². The van der Waals surface area contributed by atoms with E-state index in [0.717, 1.165) is 5.56 Å². The van der Waals surface area contributed by atoms with Crippen LogP contribution in [0.4, 0.5) is 0 Å². The fraction of sp³-hybridized carbons (Fsp3) is 0.481. The molecule has 2 saturated heterocycles. The van der Waals surface area contributed by atoms with Crippen molar-refractivity contribution in [1.82, 2.24) is 4.98 Å². The Morgan fingerprint density at radius 2 is 1.62 bits per heavy atom. The fourth-order valence-electron chi connectivity index (χ4n) is 5.21. The van der Waals surface area contributed by atoms with Gasteiger partial charge in [-0.05, 0) is 41.1 Å². The van der Waals surface area contributed by atoms with Gasteiger partial charge < -0.3 is 60.0 Å². The summed E-state index contributed by atoms with van der Waals surface area (Å²) in [5.41, 5.74) is -1.64. The number of H-pyrrole nitrogens is 1. The molecule has 3 heterocycles. The van der Waals surface area contributed by atoms with Crippen LogP contribution in [0.1, 0.15) is 11.1 Å². The van der Waals surface area contributed by atoms with E-state index in [1.165, 1.54) is 18.3 Å². The van der Waals surface area contributed by atoms with Crippen LogP contribution in [0.5, 0.6) is 5.75 Å². The summed E-state index contributed by atoms with van der Waals surface area (Å²) in [6, 6.07) is 12.8. The number of halogens is 2. The second-order valence-corrected chi connectivity index (χ2v) is 12.2. The molecule has 230 valence electrons. The molecule has 5 rings (SSSR count). The van der Waals surface area contributed by atoms with E-state index >= 15 is 0 Å². The Hall–Kier alpha value is -1.89. The van der Waals surface area contributed by atoms with Gasteiger partial charge in [0.05, 0.1) is 13.2 Å². The van der Waals surface area contributed by atoms with Gasteiger partial charge >= 0.3 is 5.97 Å². The van der Waals surface area contributed by atoms with Crippen molar-refractivity contribution in [2.24, 2.45) is 0 Å². The summed E-state index contributed by atoms with van der Waals surface area (Å²) in [6.45, 7) is -0.138. The quantitative estimate of drug-likeness (QED) is 0.116. The molecule has 0 spiro atoms. The maximum Gasteiger partial charge on any atom is 0.360 e. The molecule has 2 aliphatic rings. The summed E-state index contributed by atoms with van der Waals surface area (Å²) in [5.74, 6) is -2.78. The molecule has 42 heavy (non-hydrogen) atoms. The standard InChI is InChI=1S/C27H31BrClNO12/c1-13-6-8-14(9-7-13)39-26(21(35)20(34)19(33)18(11-31)40-26)42-23-22(36)25(37,27(29,38)24(28,12-32)41-23)16-10-30-17-5-3-2-4-15(16)17/h2-10,18-23,30-38H,11-12H2,1H3/t18-,19+,20+,21-,22+,23-,24-,25-,26+,27+/m1/s1. The largest absolute Gasteiger partial charge is 0.437 e. The first-order chi connectivity index (χ1) is 19.7. The second kappa shape index (κ2) is 11.2. The molecule has 0 bridgehead atoms. The Balaban J connectivity index is 1.63. The summed E-state index contributed by atoms with van der Waals surface area (Å²) in [6.07, 6.45) is -10.7. The van der Waals surface area contributed by atoms with Gasteiger partial charge in [0.1, 0.15) is 30.2 Å². The minimum atomic E-state index is -2.97. The summed E-state index contributed by atoms with van der Waals surface area (Å²) in [4.78, 5) is 2.91. The molecule has 2 fully saturated rings. The van der Waals surface area contributed by atoms with Crippen LogP contribution in [-0.2, 0) is 19.8 Å². The molecule has 0 saturated carbocycles. The summed E-state index contributed by atoms with van der Waals surface area (Å²) in [5, 5.41) is 85.0. The minimum Gasteiger partial charge on any atom is -0.437 e. The lowest BCUT2D eigenvalue weighted by atomic mass is 9.77. The summed E-state index contributed by atoms with van der Waals surface area (Å²) in [7, 11) is 0. The first-order valence-electron chi connectivity index (χ1n) is 12.9. The Morgan fingerprint density at radius 3 is 2.26 bits per heavy atom. The maximum absolute atomic E-state index is 12.1. The van der Waals surface area contributed by atoms with Gasteiger partial charge in [-0.15, -0.1) is 0 Å². The number of ether oxygens (including phenoxy) is 4. The second-order valence-electron chi connectivity index (χ2n) is 10.4. The monoisotopic (exact) mass is 675 g/mol. The van der Waals surface area contributed by atoms with Crippen LogP contribution in [0.2, 0.25) is 0 Å². The third-order valence-electron chi connectivity index (χ3n) is 7.67. The van der Waals surface area contributed by atoms with Crippen molar-refractivity contribution < 1.29 is 59.8 Å². The first kappa shape index (κ1) is 31.5. The molecule has 2 aromatic carbocycles. The molecule has 0 radical (unpaired) electrons. The predicted molar refractivity (Wildman–Crippen MR) is 148 cm³/mol. The molecule has 0 unspecified atom stereocenters. The van der Waals surface area contributed by atoms with Crippen LogP contribution < -0.4 is 4.74 Å². The van der Waals surface area contributed by atoms with E-state index in [1.807, 2.05) is 0 Å². The van der Waals surface area contributed by atoms with Crippen LogP contribution in [0.3, 0.4) is 0 Å². The molecule has 3 aromatic rings. The third-order valence-corrected chi connectivity index (χ3v) is 9.50. The number of aliphatic hydroxyl groups is 8. The summed E-state index contributed by atoms with van der Waals surface area (Å²) >= 11 is 9.54. The molecule has 13 nitrogen and oxygen atoms in total. The van der Waals surface area contributed by atoms with Crippen molar-refractivity contribution in [2.45, 2.75) is 64.9 Å². The minimum absolute atomic E-state index is 0.0261. The highest BCUT2D eigenvalue weighted by Gasteiger charge is 2.73. The number of aryl methyl sites for hydroxylation is 1. The van der Waals surface area contributed by atoms with Crippen molar-refractivity contribution in [2.75, 3.05) is 13.2 Å². The molecule has 15 heteroatoms. The number of hydrogen-bond acceptors (Lipinski definition) is 12. The molecule has 2 aliphatic heterocycles. The molecule has 0 amide bonds. The highest BCUT2D eigenvalue weighted by atomic mass is 79.9. The fourth-order valence-corrected chi connectivity index (χ4v) is 6.01. The topological polar surface area (TPSA) is 215 Å². The number of hydrogen-bond donors (Lipinski definition) is 9. The smallest absolute Gasteiger partial charge is 0.360 e. The van der Waals surface area contributed by atoms with Gasteiger partial charge in [0.25, 0.3) is 0 Å². The average molecular weight is 677 g/mol. The van der Waals surface area contributed by atoms with Crippen LogP contribution in [0.15, 0.2) is 54.7 Å². The normalized spacial score (nSPS) is 40.7. The number of aromatic amines is 1. The van der Waals surface area contributed by atoms with Gasteiger partial charge in [0.2, 0.25) is 5.06 Å². The number of fused-ring (bicyclic) bond motifs is 1. The predicted octanol–water partition coefficient (Wildman–Crippen LogP) is -0.385. The number of para-hydroxylation sites is 1. The molecule has 9 N–H and O–H groups in total. The molecule has 10 atom stereocenters. The van der Waals surface area contributed by atoms with Gasteiger partial charge in [-0.25, -0.2) is 0 Å². The summed E-state index contributed by atoms with van der Waals surface area (Å²) < 4.78 is 20.7. The lowest BCUT2D eigenvalue weighted by molar-refractivity contribution is -0.487. The van der Waals surface area contributed by atoms with Crippen LogP contribution in [-0.4, -0.2) is 111 Å². The lowest BCUT2D eigenvalue weighted by Gasteiger charge is -2.57. The number of aliphatic hydroxyl groups excluding tert-OH is 6. The van der Waals surface area contributed by atoms with Gasteiger partial charge in [-0.3, -0.25) is 4.74 Å². The van der Waals surface area contributed by atoms with Crippen molar-refractivity contribution in [3.63, 3.8) is 0 Å². The van der Waals surface area contributed by atoms with Crippen molar-refractivity contribution in [3.05, 3.63) is 65.9 Å². The van der Waals surface area contributed by atoms with Crippen molar-refractivity contribution >= 4 is 38.4 Å². The van der Waals surface area contributed by atoms with E-state index in [0.29, 0.717) is 10.9 Å². The van der Waals surface area contributed by atoms with Gasteiger partial charge in [0, 0.05) is 22.7 Å². The third kappa shape index (κ3) is 4.75. The van der Waals surface area contributed by atoms with Crippen molar-refractivity contribution in [1.29, 1.82) is 0 Å². The van der Waals surface area contributed by atoms with Crippen LogP contribution >= 0.6 is 27.5 Å². The Labute approximate surface area is 252 Å². The number of rotatable bonds is 7. The van der Waals surface area contributed by atoms with E-state index in [2.05, 4.69) is 20.9 Å². The Bertz CT molecular complexity index is 1410. The SMILES string of the molecule is Cc1ccc(O[C@]2(O[C@H]3O[C@](Br)(CO)[C@@](O)(Cl)[C@@](O)(c4c[nH]c5ccccc45)[C@H]3O)O[C@H](CO)[C@H](O)[C@H](O)[C@H]2O)cc1. The highest BCUT2D eigenvalue weighted by molar-refractivity contribution is 9.10. The number of alkyl halides is 2. The van der Waals surface area contributed by atoms with E-state index in [-0.39, 0.29) is 11.3 Å². The van der Waals surface area contributed by atoms with Crippen LogP contribution in [0, 0.1) is 6.92 Å². The maximum atomic E-state index is 12.1. The number of aromatic nitrogens is 1. The number of nitrogens with one attached hydrogen (secondary N) is 1. The Morgan fingerprint density at radius 1 is 0.952 bits per heavy atom. The molecular formula is C27H31BrClNO12. The van der Waals surface area contributed by atoms with E-state index in [4.69, 9.17) is 30.5 Å².